The molecule has 4 unspecified atom stereocenters. The Bertz CT molecular complexity index is 3490. The zero-order chi connectivity index (χ0) is 60.5. The normalized spacial score (nSPS) is 12.6. The van der Waals surface area contributed by atoms with E-state index in [0.29, 0.717) is 64.7 Å². The van der Waals surface area contributed by atoms with E-state index in [9.17, 15) is 28.8 Å². The fourth-order valence-electron chi connectivity index (χ4n) is 10.8. The van der Waals surface area contributed by atoms with Gasteiger partial charge in [0.05, 0.1) is 0 Å². The van der Waals surface area contributed by atoms with Crippen LogP contribution in [0.25, 0.3) is 43.2 Å². The van der Waals surface area contributed by atoms with Gasteiger partial charge in [0.2, 0.25) is 35.4 Å². The summed E-state index contributed by atoms with van der Waals surface area (Å²) in [5.41, 5.74) is 16.0. The summed E-state index contributed by atoms with van der Waals surface area (Å²) in [6.45, 7) is 6.12. The van der Waals surface area contributed by atoms with E-state index in [2.05, 4.69) is 58.3 Å². The van der Waals surface area contributed by atoms with Gasteiger partial charge in [0.25, 0.3) is 0 Å². The van der Waals surface area contributed by atoms with Crippen molar-refractivity contribution in [2.45, 2.75) is 128 Å². The minimum Gasteiger partial charge on any atom is -0.361 e. The number of hydrogen-bond donors (Lipinski definition) is 7. The molecule has 6 amide bonds. The van der Waals surface area contributed by atoms with Crippen LogP contribution in [0.4, 0.5) is 0 Å². The number of likely N-dealkylation sites (N-methyl/N-ethyl adjacent to an activating group) is 2. The Balaban J connectivity index is 0.000000244. The van der Waals surface area contributed by atoms with E-state index in [-0.39, 0.29) is 48.3 Å². The van der Waals surface area contributed by atoms with Crippen molar-refractivity contribution in [3.63, 3.8) is 0 Å². The lowest BCUT2D eigenvalue weighted by Crippen LogP contribution is -2.55. The summed E-state index contributed by atoms with van der Waals surface area (Å²) >= 11 is 0. The Labute approximate surface area is 501 Å². The molecule has 0 saturated carbocycles. The van der Waals surface area contributed by atoms with Crippen molar-refractivity contribution in [3.05, 3.63) is 180 Å². The second kappa shape index (κ2) is 33.2. The van der Waals surface area contributed by atoms with Crippen molar-refractivity contribution in [2.75, 3.05) is 40.3 Å². The van der Waals surface area contributed by atoms with Crippen molar-refractivity contribution in [1.82, 2.24) is 36.1 Å². The average Bonchev–Trinajstić information content (AvgIpc) is 4.00. The summed E-state index contributed by atoms with van der Waals surface area (Å²) < 4.78 is 0. The summed E-state index contributed by atoms with van der Waals surface area (Å²) in [5.74, 6) is -1.47. The first-order chi connectivity index (χ1) is 41.3. The molecule has 15 nitrogen and oxygen atoms in total. The Kier molecular flexibility index (Phi) is 25.1. The van der Waals surface area contributed by atoms with Crippen LogP contribution in [0, 0.1) is 0 Å². The number of nitrogens with two attached hydrogens (primary N) is 2. The molecule has 0 spiro atoms. The topological polar surface area (TPSA) is 225 Å². The maximum atomic E-state index is 14.2. The Morgan fingerprint density at radius 1 is 0.459 bits per heavy atom. The van der Waals surface area contributed by atoms with Crippen LogP contribution in [0.1, 0.15) is 100 Å². The summed E-state index contributed by atoms with van der Waals surface area (Å²) in [6, 6.07) is 47.2. The van der Waals surface area contributed by atoms with Crippen molar-refractivity contribution in [1.29, 1.82) is 0 Å². The van der Waals surface area contributed by atoms with E-state index in [0.717, 1.165) is 104 Å². The molecule has 85 heavy (non-hydrogen) atoms. The lowest BCUT2D eigenvalue weighted by molar-refractivity contribution is -0.141. The lowest BCUT2D eigenvalue weighted by atomic mass is 9.98. The molecule has 0 bridgehead atoms. The number of nitrogens with zero attached hydrogens (tertiary/aromatic N) is 2. The molecule has 1 heterocycles. The number of carbonyl (C=O) groups excluding carboxylic acids is 6. The van der Waals surface area contributed by atoms with E-state index in [1.807, 2.05) is 140 Å². The van der Waals surface area contributed by atoms with Gasteiger partial charge in [-0.1, -0.05) is 185 Å². The van der Waals surface area contributed by atoms with Gasteiger partial charge in [-0.3, -0.25) is 28.8 Å². The summed E-state index contributed by atoms with van der Waals surface area (Å²) in [5, 5.41) is 19.6. The molecule has 0 fully saturated rings. The quantitative estimate of drug-likeness (QED) is 0.0214. The maximum absolute atomic E-state index is 14.2. The molecule has 0 aliphatic rings. The smallest absolute Gasteiger partial charge is 0.245 e. The van der Waals surface area contributed by atoms with E-state index in [4.69, 9.17) is 11.5 Å². The van der Waals surface area contributed by atoms with Crippen molar-refractivity contribution >= 4 is 78.7 Å². The number of carbonyl (C=O) groups is 6. The number of fused-ring (bicyclic) bond motifs is 4. The SMILES string of the molecule is CCCCCNC(=O)C(Cc1c[nH]c2ccccc12)N(C)C(=O)C(Cc1ccc2ccccc2c1)NC(=O)CCCN.CCCCCNC(=O)C(Cc1ccc2ccccc2c1)N(C)C(=O)C(Cc1ccc2ccccc2c1)NC(=O)CCCN. The number of aromatic nitrogens is 1. The van der Waals surface area contributed by atoms with Gasteiger partial charge < -0.3 is 47.5 Å². The third kappa shape index (κ3) is 18.8. The molecule has 9 N–H and O–H groups in total. The molecule has 15 heteroatoms. The number of para-hydroxylation sites is 1. The third-order valence-electron chi connectivity index (χ3n) is 15.7. The minimum absolute atomic E-state index is 0.195. The highest BCUT2D eigenvalue weighted by atomic mass is 16.2. The van der Waals surface area contributed by atoms with Crippen molar-refractivity contribution < 1.29 is 28.8 Å². The monoisotopic (exact) mass is 1150 g/mol. The van der Waals surface area contributed by atoms with Crippen LogP contribution in [0.5, 0.6) is 0 Å². The van der Waals surface area contributed by atoms with Crippen LogP contribution in [-0.2, 0) is 54.5 Å². The summed E-state index contributed by atoms with van der Waals surface area (Å²) in [6.07, 6.45) is 10.6. The van der Waals surface area contributed by atoms with Gasteiger partial charge in [-0.2, -0.15) is 0 Å². The highest BCUT2D eigenvalue weighted by molar-refractivity contribution is 5.95. The number of benzene rings is 7. The predicted molar refractivity (Wildman–Crippen MR) is 344 cm³/mol. The molecule has 0 aliphatic heterocycles. The van der Waals surface area contributed by atoms with Gasteiger partial charge in [-0.25, -0.2) is 0 Å². The second-order valence-corrected chi connectivity index (χ2v) is 22.2. The number of hydrogen-bond acceptors (Lipinski definition) is 8. The van der Waals surface area contributed by atoms with E-state index < -0.39 is 24.2 Å². The van der Waals surface area contributed by atoms with Crippen LogP contribution in [0.2, 0.25) is 0 Å². The van der Waals surface area contributed by atoms with Gasteiger partial charge in [-0.05, 0) is 99.4 Å². The summed E-state index contributed by atoms with van der Waals surface area (Å²) in [7, 11) is 3.33. The second-order valence-electron chi connectivity index (χ2n) is 22.2. The molecule has 0 aliphatic carbocycles. The van der Waals surface area contributed by atoms with Crippen LogP contribution < -0.4 is 32.7 Å². The van der Waals surface area contributed by atoms with Crippen LogP contribution in [-0.4, -0.2) is 115 Å². The van der Waals surface area contributed by atoms with Crippen LogP contribution >= 0.6 is 0 Å². The zero-order valence-electron chi connectivity index (χ0n) is 50.0. The number of aromatic amines is 1. The Morgan fingerprint density at radius 3 is 1.27 bits per heavy atom. The highest BCUT2D eigenvalue weighted by Crippen LogP contribution is 2.24. The molecule has 0 radical (unpaired) electrons. The molecule has 0 saturated heterocycles. The van der Waals surface area contributed by atoms with Gasteiger partial charge in [0.15, 0.2) is 0 Å². The van der Waals surface area contributed by atoms with Crippen LogP contribution in [0.3, 0.4) is 0 Å². The highest BCUT2D eigenvalue weighted by Gasteiger charge is 2.34. The van der Waals surface area contributed by atoms with Gasteiger partial charge in [0.1, 0.15) is 24.2 Å². The summed E-state index contributed by atoms with van der Waals surface area (Å²) in [4.78, 5) is 87.4. The fraction of sp³-hybridized carbons (Fsp3) is 0.371. The Hall–Kier alpha value is -8.40. The first-order valence-corrected chi connectivity index (χ1v) is 30.4. The van der Waals surface area contributed by atoms with E-state index in [1.165, 1.54) is 9.80 Å². The number of nitrogens with one attached hydrogen (secondary N) is 5. The first kappa shape index (κ1) is 64.2. The largest absolute Gasteiger partial charge is 0.361 e. The minimum atomic E-state index is -0.834. The van der Waals surface area contributed by atoms with Gasteiger partial charge in [-0.15, -0.1) is 0 Å². The molecule has 8 rings (SSSR count). The average molecular weight is 1150 g/mol. The van der Waals surface area contributed by atoms with Crippen LogP contribution in [0.15, 0.2) is 158 Å². The number of unbranched alkanes of at least 4 members (excludes halogenated alkanes) is 4. The number of H-pyrrole nitrogens is 1. The van der Waals surface area contributed by atoms with E-state index >= 15 is 0 Å². The van der Waals surface area contributed by atoms with Gasteiger partial charge >= 0.3 is 0 Å². The molecule has 4 atom stereocenters. The molecular formula is C70H87N9O6. The van der Waals surface area contributed by atoms with Crippen molar-refractivity contribution in [3.8, 4) is 0 Å². The molecular weight excluding hydrogens is 1060 g/mol. The molecule has 8 aromatic rings. The number of rotatable bonds is 30. The van der Waals surface area contributed by atoms with Gasteiger partial charge in [0, 0.05) is 82.8 Å². The lowest BCUT2D eigenvalue weighted by Gasteiger charge is -2.31. The fourth-order valence-corrected chi connectivity index (χ4v) is 10.8. The first-order valence-electron chi connectivity index (χ1n) is 30.4. The Morgan fingerprint density at radius 2 is 0.847 bits per heavy atom. The maximum Gasteiger partial charge on any atom is 0.245 e. The zero-order valence-corrected chi connectivity index (χ0v) is 50.0. The molecule has 448 valence electrons. The molecule has 1 aromatic heterocycles. The van der Waals surface area contributed by atoms with Crippen molar-refractivity contribution in [2.24, 2.45) is 11.5 Å². The molecule has 7 aromatic carbocycles. The number of amides is 6. The standard InChI is InChI=1S/C36H44N4O3.C34H43N5O3/c1-3-4-9-21-38-35(42)33(25-27-17-19-29-12-6-8-14-31(29)23-27)40(2)36(43)32(39-34(41)15-10-20-37)24-26-16-18-28-11-5-7-13-30(28)22-26;1-3-4-9-19-36-33(41)31(22-27-23-37-29-14-8-7-13-28(27)29)39(2)34(42)30(38-32(40)15-10-18-35)21-24-16-17-25-11-5-6-12-26(25)20-24/h5-8,11-14,16-19,22-23,32-33H,3-4,9-10,15,20-21,24-25,37H2,1-2H3,(H,38,42)(H,39,41);5-8,11-14,16-17,20,23,30-31,37H,3-4,9-10,15,18-19,21-22,35H2,1-2H3,(H,36,41)(H,38,40). The predicted octanol–water partition coefficient (Wildman–Crippen LogP) is 9.60. The van der Waals surface area contributed by atoms with E-state index in [1.54, 1.807) is 14.1 Å². The third-order valence-corrected chi connectivity index (χ3v) is 15.7.